The summed E-state index contributed by atoms with van der Waals surface area (Å²) < 4.78 is 2.11. The van der Waals surface area contributed by atoms with E-state index < -0.39 is 17.5 Å². The summed E-state index contributed by atoms with van der Waals surface area (Å²) in [7, 11) is 1.73. The zero-order valence-corrected chi connectivity index (χ0v) is 24.8. The average Bonchev–Trinajstić information content (AvgIpc) is 3.59. The first-order valence-corrected chi connectivity index (χ1v) is 14.8. The highest BCUT2D eigenvalue weighted by molar-refractivity contribution is 5.93. The van der Waals surface area contributed by atoms with Crippen LogP contribution in [0, 0.1) is 5.41 Å². The first kappa shape index (κ1) is 29.8. The number of aryl methyl sites for hydroxylation is 2. The van der Waals surface area contributed by atoms with Gasteiger partial charge in [-0.25, -0.2) is 4.98 Å². The molecule has 1 saturated heterocycles. The van der Waals surface area contributed by atoms with Gasteiger partial charge in [-0.15, -0.1) is 0 Å². The number of nitrogens with one attached hydrogen (secondary N) is 2. The number of likely N-dealkylation sites (N-methyl/N-ethyl adjacent to an activating group) is 1. The molecule has 0 saturated carbocycles. The topological polar surface area (TPSA) is 99.6 Å². The molecule has 2 N–H and O–H groups in total. The van der Waals surface area contributed by atoms with Gasteiger partial charge in [-0.05, 0) is 57.1 Å². The molecule has 3 heterocycles. The van der Waals surface area contributed by atoms with Crippen LogP contribution in [-0.4, -0.2) is 81.9 Å². The van der Waals surface area contributed by atoms with Crippen molar-refractivity contribution in [1.82, 2.24) is 30.0 Å². The molecule has 3 atom stereocenters. The van der Waals surface area contributed by atoms with Gasteiger partial charge < -0.3 is 25.0 Å². The summed E-state index contributed by atoms with van der Waals surface area (Å²) in [6.07, 6.45) is 7.41. The molecule has 40 heavy (non-hydrogen) atoms. The number of aromatic nitrogens is 2. The number of imidazole rings is 1. The Morgan fingerprint density at radius 3 is 2.52 bits per heavy atom. The van der Waals surface area contributed by atoms with Crippen LogP contribution < -0.4 is 10.6 Å². The Bertz CT molecular complexity index is 1150. The molecule has 2 aromatic rings. The van der Waals surface area contributed by atoms with E-state index in [1.165, 1.54) is 0 Å². The Hall–Kier alpha value is -3.20. The third kappa shape index (κ3) is 7.11. The second kappa shape index (κ2) is 13.0. The van der Waals surface area contributed by atoms with E-state index >= 15 is 0 Å². The van der Waals surface area contributed by atoms with Crippen molar-refractivity contribution in [3.05, 3.63) is 53.6 Å². The monoisotopic (exact) mass is 550 g/mol. The predicted octanol–water partition coefficient (Wildman–Crippen LogP) is 3.03. The molecule has 0 bridgehead atoms. The van der Waals surface area contributed by atoms with Crippen LogP contribution in [0.2, 0.25) is 0 Å². The second-order valence-electron chi connectivity index (χ2n) is 12.3. The fourth-order valence-corrected chi connectivity index (χ4v) is 5.65. The van der Waals surface area contributed by atoms with E-state index in [-0.39, 0.29) is 23.8 Å². The zero-order chi connectivity index (χ0) is 28.9. The molecule has 0 spiro atoms. The Morgan fingerprint density at radius 2 is 1.85 bits per heavy atom. The molecular formula is C31H46N6O3. The van der Waals surface area contributed by atoms with Gasteiger partial charge in [0.15, 0.2) is 0 Å². The molecule has 1 aromatic carbocycles. The van der Waals surface area contributed by atoms with Crippen LogP contribution >= 0.6 is 0 Å². The molecule has 3 amide bonds. The first-order chi connectivity index (χ1) is 19.1. The van der Waals surface area contributed by atoms with E-state index in [4.69, 9.17) is 4.98 Å². The van der Waals surface area contributed by atoms with Crippen molar-refractivity contribution in [2.24, 2.45) is 5.41 Å². The van der Waals surface area contributed by atoms with Gasteiger partial charge in [-0.1, -0.05) is 51.1 Å². The number of carbonyl (C=O) groups excluding carboxylic acids is 3. The van der Waals surface area contributed by atoms with Gasteiger partial charge in [0.2, 0.25) is 11.8 Å². The van der Waals surface area contributed by atoms with Gasteiger partial charge in [0.05, 0.1) is 6.04 Å². The third-order valence-corrected chi connectivity index (χ3v) is 8.25. The summed E-state index contributed by atoms with van der Waals surface area (Å²) in [6.45, 7) is 10.2. The lowest BCUT2D eigenvalue weighted by Crippen LogP contribution is -2.59. The van der Waals surface area contributed by atoms with Crippen molar-refractivity contribution < 1.29 is 14.4 Å². The molecule has 218 valence electrons. The smallest absolute Gasteiger partial charge is 0.274 e. The van der Waals surface area contributed by atoms with Crippen LogP contribution in [0.25, 0.3) is 0 Å². The molecule has 4 rings (SSSR count). The fourth-order valence-electron chi connectivity index (χ4n) is 5.65. The molecule has 1 aromatic heterocycles. The lowest BCUT2D eigenvalue weighted by atomic mass is 9.85. The van der Waals surface area contributed by atoms with Crippen LogP contribution in [0.4, 0.5) is 0 Å². The number of rotatable bonds is 10. The van der Waals surface area contributed by atoms with E-state index in [0.717, 1.165) is 56.5 Å². The molecule has 1 fully saturated rings. The summed E-state index contributed by atoms with van der Waals surface area (Å²) in [5.41, 5.74) is 1.19. The highest BCUT2D eigenvalue weighted by Gasteiger charge is 2.41. The molecule has 0 aliphatic carbocycles. The first-order valence-electron chi connectivity index (χ1n) is 14.8. The van der Waals surface area contributed by atoms with Gasteiger partial charge in [-0.2, -0.15) is 0 Å². The lowest BCUT2D eigenvalue weighted by molar-refractivity contribution is -0.140. The standard InChI is InChI=1S/C31H46N6O3/c1-22(32-5)28(38)34-27(31(2,3)4)30(40)37-18-11-14-24(37)20-36(19-16-23-12-7-6-8-13-23)29(39)25-21-35-17-10-9-15-26(35)33-25/h6-8,12-13,21-22,24,27,32H,9-11,14-20H2,1-5H3,(H,34,38). The minimum absolute atomic E-state index is 0.0827. The number of fused-ring (bicyclic) bond motifs is 1. The minimum Gasteiger partial charge on any atom is -0.342 e. The number of likely N-dealkylation sites (tertiary alicyclic amines) is 1. The van der Waals surface area contributed by atoms with Crippen LogP contribution in [-0.2, 0) is 29.0 Å². The highest BCUT2D eigenvalue weighted by atomic mass is 16.2. The molecular weight excluding hydrogens is 504 g/mol. The second-order valence-corrected chi connectivity index (χ2v) is 12.3. The predicted molar refractivity (Wildman–Crippen MR) is 156 cm³/mol. The van der Waals surface area contributed by atoms with Crippen LogP contribution in [0.5, 0.6) is 0 Å². The molecule has 2 aliphatic heterocycles. The summed E-state index contributed by atoms with van der Waals surface area (Å²) >= 11 is 0. The van der Waals surface area contributed by atoms with Crippen molar-refractivity contribution in [3.63, 3.8) is 0 Å². The van der Waals surface area contributed by atoms with Crippen molar-refractivity contribution in [2.45, 2.75) is 90.9 Å². The van der Waals surface area contributed by atoms with Crippen molar-refractivity contribution >= 4 is 17.7 Å². The van der Waals surface area contributed by atoms with E-state index in [2.05, 4.69) is 27.3 Å². The molecule has 9 nitrogen and oxygen atoms in total. The number of nitrogens with zero attached hydrogens (tertiary/aromatic N) is 4. The Balaban J connectivity index is 1.54. The maximum Gasteiger partial charge on any atom is 0.274 e. The summed E-state index contributed by atoms with van der Waals surface area (Å²) in [6, 6.07) is 8.98. The number of amides is 3. The number of carbonyl (C=O) groups is 3. The Labute approximate surface area is 238 Å². The average molecular weight is 551 g/mol. The molecule has 0 radical (unpaired) electrons. The zero-order valence-electron chi connectivity index (χ0n) is 24.8. The maximum atomic E-state index is 14.0. The van der Waals surface area contributed by atoms with E-state index in [9.17, 15) is 14.4 Å². The van der Waals surface area contributed by atoms with Crippen LogP contribution in [0.3, 0.4) is 0 Å². The Kier molecular flexibility index (Phi) is 9.66. The van der Waals surface area contributed by atoms with Crippen LogP contribution in [0.1, 0.15) is 75.3 Å². The van der Waals surface area contributed by atoms with Crippen LogP contribution in [0.15, 0.2) is 36.5 Å². The largest absolute Gasteiger partial charge is 0.342 e. The van der Waals surface area contributed by atoms with E-state index in [0.29, 0.717) is 25.3 Å². The maximum absolute atomic E-state index is 14.0. The van der Waals surface area contributed by atoms with Gasteiger partial charge >= 0.3 is 0 Å². The van der Waals surface area contributed by atoms with Gasteiger partial charge in [-0.3, -0.25) is 14.4 Å². The summed E-state index contributed by atoms with van der Waals surface area (Å²) in [5, 5.41) is 5.94. The third-order valence-electron chi connectivity index (χ3n) is 8.25. The minimum atomic E-state index is -0.662. The van der Waals surface area contributed by atoms with E-state index in [1.54, 1.807) is 14.0 Å². The van der Waals surface area contributed by atoms with Crippen molar-refractivity contribution in [1.29, 1.82) is 0 Å². The number of hydrogen-bond acceptors (Lipinski definition) is 5. The van der Waals surface area contributed by atoms with Gasteiger partial charge in [0, 0.05) is 44.8 Å². The lowest BCUT2D eigenvalue weighted by Gasteiger charge is -2.37. The molecule has 9 heteroatoms. The molecule has 3 unspecified atom stereocenters. The SMILES string of the molecule is CNC(C)C(=O)NC(C(=O)N1CCCC1CN(CCc1ccccc1)C(=O)c1cn2c(n1)CCCC2)C(C)(C)C. The fraction of sp³-hybridized carbons (Fsp3) is 0.613. The summed E-state index contributed by atoms with van der Waals surface area (Å²) in [4.78, 5) is 49.1. The van der Waals surface area contributed by atoms with Gasteiger partial charge in [0.1, 0.15) is 17.6 Å². The summed E-state index contributed by atoms with van der Waals surface area (Å²) in [5.74, 6) is 0.616. The number of benzene rings is 1. The van der Waals surface area contributed by atoms with Crippen molar-refractivity contribution in [3.8, 4) is 0 Å². The van der Waals surface area contributed by atoms with Gasteiger partial charge in [0.25, 0.3) is 5.91 Å². The normalized spacial score (nSPS) is 18.6. The highest BCUT2D eigenvalue weighted by Crippen LogP contribution is 2.27. The quantitative estimate of drug-likeness (QED) is 0.474. The number of hydrogen-bond donors (Lipinski definition) is 2. The van der Waals surface area contributed by atoms with Crippen molar-refractivity contribution in [2.75, 3.05) is 26.7 Å². The molecule has 2 aliphatic rings. The Morgan fingerprint density at radius 1 is 1.10 bits per heavy atom. The van der Waals surface area contributed by atoms with E-state index in [1.807, 2.05) is 55.0 Å².